The summed E-state index contributed by atoms with van der Waals surface area (Å²) in [6, 6.07) is 4.98. The number of rotatable bonds is 3. The number of nitrogens with one attached hydrogen (secondary N) is 1. The predicted octanol–water partition coefficient (Wildman–Crippen LogP) is 1.15. The Balaban J connectivity index is 1.97. The Hall–Kier alpha value is -2.17. The molecule has 18 heavy (non-hydrogen) atoms. The molecule has 5 heteroatoms. The molecule has 1 amide bonds. The summed E-state index contributed by atoms with van der Waals surface area (Å²) in [4.78, 5) is 26.8. The molecule has 0 radical (unpaired) electrons. The summed E-state index contributed by atoms with van der Waals surface area (Å²) in [5.41, 5.74) is 1.12. The van der Waals surface area contributed by atoms with Crippen LogP contribution in [-0.2, 0) is 4.79 Å². The number of carboxylic acids is 1. The van der Waals surface area contributed by atoms with E-state index in [4.69, 9.17) is 5.11 Å². The molecule has 0 aromatic carbocycles. The van der Waals surface area contributed by atoms with Crippen molar-refractivity contribution in [2.75, 3.05) is 0 Å². The van der Waals surface area contributed by atoms with Crippen LogP contribution in [0.4, 0.5) is 0 Å². The summed E-state index contributed by atoms with van der Waals surface area (Å²) in [5.74, 6) is -1.66. The first-order valence-corrected chi connectivity index (χ1v) is 5.72. The number of nitrogens with zero attached hydrogens (tertiary/aromatic N) is 1. The lowest BCUT2D eigenvalue weighted by Crippen LogP contribution is -2.33. The lowest BCUT2D eigenvalue weighted by molar-refractivity contribution is -0.140. The van der Waals surface area contributed by atoms with Crippen LogP contribution < -0.4 is 5.32 Å². The molecule has 0 aliphatic heterocycles. The van der Waals surface area contributed by atoms with Gasteiger partial charge in [-0.25, -0.2) is 4.98 Å². The Morgan fingerprint density at radius 3 is 2.78 bits per heavy atom. The number of aromatic nitrogens is 1. The van der Waals surface area contributed by atoms with Crippen LogP contribution in [0.25, 0.3) is 0 Å². The van der Waals surface area contributed by atoms with Gasteiger partial charge < -0.3 is 10.4 Å². The highest BCUT2D eigenvalue weighted by Crippen LogP contribution is 2.18. The third-order valence-electron chi connectivity index (χ3n) is 2.84. The zero-order chi connectivity index (χ0) is 13.1. The molecule has 2 N–H and O–H groups in total. The highest BCUT2D eigenvalue weighted by molar-refractivity contribution is 5.92. The molecule has 0 bridgehead atoms. The number of carbonyl (C=O) groups excluding carboxylic acids is 1. The summed E-state index contributed by atoms with van der Waals surface area (Å²) >= 11 is 0. The van der Waals surface area contributed by atoms with E-state index in [2.05, 4.69) is 10.3 Å². The van der Waals surface area contributed by atoms with Crippen molar-refractivity contribution in [3.8, 4) is 0 Å². The van der Waals surface area contributed by atoms with E-state index in [1.54, 1.807) is 24.3 Å². The number of aryl methyl sites for hydroxylation is 1. The first-order valence-electron chi connectivity index (χ1n) is 5.72. The second-order valence-corrected chi connectivity index (χ2v) is 4.31. The van der Waals surface area contributed by atoms with Crippen LogP contribution in [0, 0.1) is 12.8 Å². The first-order chi connectivity index (χ1) is 8.56. The van der Waals surface area contributed by atoms with Gasteiger partial charge >= 0.3 is 5.97 Å². The highest BCUT2D eigenvalue weighted by atomic mass is 16.4. The van der Waals surface area contributed by atoms with Crippen molar-refractivity contribution in [3.05, 3.63) is 41.7 Å². The number of hydrogen-bond acceptors (Lipinski definition) is 3. The van der Waals surface area contributed by atoms with Gasteiger partial charge in [0.2, 0.25) is 0 Å². The zero-order valence-electron chi connectivity index (χ0n) is 9.96. The molecule has 5 nitrogen and oxygen atoms in total. The summed E-state index contributed by atoms with van der Waals surface area (Å²) in [7, 11) is 0. The Kier molecular flexibility index (Phi) is 3.41. The van der Waals surface area contributed by atoms with E-state index >= 15 is 0 Å². The van der Waals surface area contributed by atoms with E-state index in [-0.39, 0.29) is 11.9 Å². The van der Waals surface area contributed by atoms with Crippen LogP contribution >= 0.6 is 0 Å². The Bertz CT molecular complexity index is 511. The van der Waals surface area contributed by atoms with Gasteiger partial charge in [-0.3, -0.25) is 9.59 Å². The number of hydrogen-bond donors (Lipinski definition) is 2. The molecule has 2 rings (SSSR count). The second kappa shape index (κ2) is 5.00. The number of carbonyl (C=O) groups is 2. The molecule has 1 aliphatic carbocycles. The van der Waals surface area contributed by atoms with Crippen molar-refractivity contribution in [2.45, 2.75) is 19.4 Å². The van der Waals surface area contributed by atoms with Gasteiger partial charge in [0.1, 0.15) is 5.69 Å². The van der Waals surface area contributed by atoms with Crippen molar-refractivity contribution in [1.82, 2.24) is 10.3 Å². The fourth-order valence-electron chi connectivity index (χ4n) is 1.90. The van der Waals surface area contributed by atoms with E-state index < -0.39 is 11.9 Å². The summed E-state index contributed by atoms with van der Waals surface area (Å²) in [6.07, 6.45) is 3.72. The molecular weight excluding hydrogens is 232 g/mol. The van der Waals surface area contributed by atoms with E-state index in [1.165, 1.54) is 0 Å². The molecule has 0 saturated carbocycles. The molecule has 2 atom stereocenters. The van der Waals surface area contributed by atoms with Gasteiger partial charge in [-0.1, -0.05) is 18.2 Å². The largest absolute Gasteiger partial charge is 0.481 e. The lowest BCUT2D eigenvalue weighted by atomic mass is 10.1. The standard InChI is InChI=1S/C13H14N2O3/c1-8-3-2-4-11(14-8)12(16)15-10-6-5-9(7-10)13(17)18/h2-6,9-10H,7H2,1H3,(H,15,16)(H,17,18). The van der Waals surface area contributed by atoms with Gasteiger partial charge in [0.15, 0.2) is 0 Å². The molecule has 94 valence electrons. The van der Waals surface area contributed by atoms with Crippen LogP contribution in [0.5, 0.6) is 0 Å². The Morgan fingerprint density at radius 1 is 1.39 bits per heavy atom. The molecule has 2 unspecified atom stereocenters. The maximum atomic E-state index is 11.9. The van der Waals surface area contributed by atoms with Crippen LogP contribution in [0.2, 0.25) is 0 Å². The summed E-state index contributed by atoms with van der Waals surface area (Å²) in [5, 5.41) is 11.6. The van der Waals surface area contributed by atoms with E-state index in [9.17, 15) is 9.59 Å². The smallest absolute Gasteiger partial charge is 0.310 e. The SMILES string of the molecule is Cc1cccc(C(=O)NC2C=CC(C(=O)O)C2)n1. The van der Waals surface area contributed by atoms with Crippen LogP contribution in [0.1, 0.15) is 22.6 Å². The summed E-state index contributed by atoms with van der Waals surface area (Å²) < 4.78 is 0. The highest BCUT2D eigenvalue weighted by Gasteiger charge is 2.25. The number of amides is 1. The molecule has 0 fully saturated rings. The lowest BCUT2D eigenvalue weighted by Gasteiger charge is -2.11. The number of carboxylic acid groups (broad SMARTS) is 1. The molecule has 1 aliphatic rings. The molecule has 1 aromatic heterocycles. The maximum absolute atomic E-state index is 11.9. The van der Waals surface area contributed by atoms with Gasteiger partial charge in [0.25, 0.3) is 5.91 Å². The van der Waals surface area contributed by atoms with Crippen LogP contribution in [-0.4, -0.2) is 28.0 Å². The number of pyridine rings is 1. The van der Waals surface area contributed by atoms with Crippen molar-refractivity contribution >= 4 is 11.9 Å². The van der Waals surface area contributed by atoms with Crippen LogP contribution in [0.15, 0.2) is 30.4 Å². The molecular formula is C13H14N2O3. The molecule has 1 aromatic rings. The van der Waals surface area contributed by atoms with Crippen molar-refractivity contribution < 1.29 is 14.7 Å². The minimum atomic E-state index is -0.864. The molecule has 0 saturated heterocycles. The zero-order valence-corrected chi connectivity index (χ0v) is 9.96. The van der Waals surface area contributed by atoms with Gasteiger partial charge in [0.05, 0.1) is 5.92 Å². The van der Waals surface area contributed by atoms with Gasteiger partial charge in [-0.05, 0) is 25.5 Å². The van der Waals surface area contributed by atoms with E-state index in [0.717, 1.165) is 5.69 Å². The first kappa shape index (κ1) is 12.3. The molecule has 1 heterocycles. The Morgan fingerprint density at radius 2 is 2.17 bits per heavy atom. The molecule has 0 spiro atoms. The maximum Gasteiger partial charge on any atom is 0.310 e. The van der Waals surface area contributed by atoms with Crippen LogP contribution in [0.3, 0.4) is 0 Å². The van der Waals surface area contributed by atoms with Crippen molar-refractivity contribution in [1.29, 1.82) is 0 Å². The average molecular weight is 246 g/mol. The fraction of sp³-hybridized carbons (Fsp3) is 0.308. The Labute approximate surface area is 105 Å². The normalized spacial score (nSPS) is 21.8. The fourth-order valence-corrected chi connectivity index (χ4v) is 1.90. The number of aliphatic carboxylic acids is 1. The third kappa shape index (κ3) is 2.74. The van der Waals surface area contributed by atoms with Gasteiger partial charge in [-0.2, -0.15) is 0 Å². The average Bonchev–Trinajstić information content (AvgIpc) is 2.77. The quantitative estimate of drug-likeness (QED) is 0.784. The topological polar surface area (TPSA) is 79.3 Å². The summed E-state index contributed by atoms with van der Waals surface area (Å²) in [6.45, 7) is 1.81. The monoisotopic (exact) mass is 246 g/mol. The van der Waals surface area contributed by atoms with Crippen molar-refractivity contribution in [3.63, 3.8) is 0 Å². The second-order valence-electron chi connectivity index (χ2n) is 4.31. The minimum Gasteiger partial charge on any atom is -0.481 e. The van der Waals surface area contributed by atoms with Gasteiger partial charge in [0, 0.05) is 11.7 Å². The van der Waals surface area contributed by atoms with Gasteiger partial charge in [-0.15, -0.1) is 0 Å². The van der Waals surface area contributed by atoms with E-state index in [0.29, 0.717) is 12.1 Å². The predicted molar refractivity (Wildman–Crippen MR) is 65.1 cm³/mol. The third-order valence-corrected chi connectivity index (χ3v) is 2.84. The minimum absolute atomic E-state index is 0.235. The van der Waals surface area contributed by atoms with Crippen molar-refractivity contribution in [2.24, 2.45) is 5.92 Å². The van der Waals surface area contributed by atoms with E-state index in [1.807, 2.05) is 13.0 Å².